The standard InChI is InChI=1S/C6H14N2O2.Zr/c7-4-2-1-3-5(8)6(9)10;/h5H,1-4,7-8H2,(H,9,10);. The van der Waals surface area contributed by atoms with E-state index >= 15 is 0 Å². The van der Waals surface area contributed by atoms with E-state index in [0.29, 0.717) is 13.0 Å². The van der Waals surface area contributed by atoms with Gasteiger partial charge < -0.3 is 16.6 Å². The number of hydrogen-bond acceptors (Lipinski definition) is 3. The molecule has 0 heterocycles. The molecular formula is C6H14N2O2Zr. The molecule has 0 saturated heterocycles. The summed E-state index contributed by atoms with van der Waals surface area (Å²) in [6.07, 6.45) is 2.16. The normalized spacial score (nSPS) is 11.8. The molecule has 0 aromatic carbocycles. The fraction of sp³-hybridized carbons (Fsp3) is 0.833. The number of carboxylic acids is 1. The number of unbranched alkanes of at least 4 members (excludes halogenated alkanes) is 1. The van der Waals surface area contributed by atoms with Crippen molar-refractivity contribution in [2.24, 2.45) is 11.5 Å². The van der Waals surface area contributed by atoms with Gasteiger partial charge in [-0.15, -0.1) is 0 Å². The summed E-state index contributed by atoms with van der Waals surface area (Å²) < 4.78 is 0. The second-order valence-electron chi connectivity index (χ2n) is 2.23. The third-order valence-electron chi connectivity index (χ3n) is 1.29. The van der Waals surface area contributed by atoms with Gasteiger partial charge in [0, 0.05) is 26.2 Å². The molecule has 4 nitrogen and oxygen atoms in total. The fourth-order valence-electron chi connectivity index (χ4n) is 0.632. The molecule has 0 spiro atoms. The number of hydrogen-bond donors (Lipinski definition) is 3. The smallest absolute Gasteiger partial charge is 0.320 e. The van der Waals surface area contributed by atoms with Crippen LogP contribution < -0.4 is 11.5 Å². The van der Waals surface area contributed by atoms with E-state index in [9.17, 15) is 4.79 Å². The first kappa shape index (κ1) is 13.8. The average Bonchev–Trinajstić information content (AvgIpc) is 1.88. The predicted molar refractivity (Wildman–Crippen MR) is 38.5 cm³/mol. The maximum atomic E-state index is 10.1. The first-order chi connectivity index (χ1) is 4.68. The van der Waals surface area contributed by atoms with Gasteiger partial charge >= 0.3 is 5.97 Å². The summed E-state index contributed by atoms with van der Waals surface area (Å²) in [4.78, 5) is 10.1. The molecule has 0 fully saturated rings. The van der Waals surface area contributed by atoms with E-state index < -0.39 is 12.0 Å². The Bertz CT molecular complexity index is 111. The van der Waals surface area contributed by atoms with Crippen LogP contribution in [0.4, 0.5) is 0 Å². The molecular weight excluding hydrogens is 223 g/mol. The summed E-state index contributed by atoms with van der Waals surface area (Å²) in [5.74, 6) is -0.933. The van der Waals surface area contributed by atoms with Crippen LogP contribution in [-0.2, 0) is 31.0 Å². The number of rotatable bonds is 5. The van der Waals surface area contributed by atoms with E-state index in [1.165, 1.54) is 0 Å². The van der Waals surface area contributed by atoms with Gasteiger partial charge in [-0.3, -0.25) is 4.79 Å². The van der Waals surface area contributed by atoms with Crippen LogP contribution in [0.3, 0.4) is 0 Å². The predicted octanol–water partition coefficient (Wildman–Crippen LogP) is -0.475. The molecule has 0 amide bonds. The van der Waals surface area contributed by atoms with Crippen molar-refractivity contribution in [3.63, 3.8) is 0 Å². The third kappa shape index (κ3) is 8.18. The molecule has 5 N–H and O–H groups in total. The number of carboxylic acid groups (broad SMARTS) is 1. The van der Waals surface area contributed by atoms with Crippen molar-refractivity contribution < 1.29 is 36.1 Å². The van der Waals surface area contributed by atoms with Crippen LogP contribution in [0.25, 0.3) is 0 Å². The largest absolute Gasteiger partial charge is 0.480 e. The van der Waals surface area contributed by atoms with Gasteiger partial charge in [0.2, 0.25) is 0 Å². The van der Waals surface area contributed by atoms with Crippen molar-refractivity contribution in [3.05, 3.63) is 0 Å². The quantitative estimate of drug-likeness (QED) is 0.564. The minimum atomic E-state index is -0.933. The second-order valence-corrected chi connectivity index (χ2v) is 2.23. The SMILES string of the molecule is NCCCCC(N)C(=O)O.[Zr]. The minimum Gasteiger partial charge on any atom is -0.480 e. The van der Waals surface area contributed by atoms with Gasteiger partial charge in [0.1, 0.15) is 6.04 Å². The van der Waals surface area contributed by atoms with E-state index in [-0.39, 0.29) is 26.2 Å². The average molecular weight is 237 g/mol. The molecule has 0 radical (unpaired) electrons. The van der Waals surface area contributed by atoms with E-state index in [4.69, 9.17) is 16.6 Å². The minimum absolute atomic E-state index is 0. The van der Waals surface area contributed by atoms with Gasteiger partial charge in [0.05, 0.1) is 0 Å². The molecule has 0 aliphatic carbocycles. The monoisotopic (exact) mass is 236 g/mol. The van der Waals surface area contributed by atoms with E-state index in [2.05, 4.69) is 0 Å². The van der Waals surface area contributed by atoms with Crippen LogP contribution in [0.15, 0.2) is 0 Å². The van der Waals surface area contributed by atoms with E-state index in [1.54, 1.807) is 0 Å². The van der Waals surface area contributed by atoms with Crippen LogP contribution in [-0.4, -0.2) is 23.7 Å². The molecule has 0 aromatic rings. The second kappa shape index (κ2) is 8.37. The Balaban J connectivity index is 0. The summed E-state index contributed by atoms with van der Waals surface area (Å²) in [6.45, 7) is 0.604. The van der Waals surface area contributed by atoms with Gasteiger partial charge in [-0.1, -0.05) is 6.42 Å². The van der Waals surface area contributed by atoms with Crippen LogP contribution in [0.2, 0.25) is 0 Å². The molecule has 5 heteroatoms. The van der Waals surface area contributed by atoms with Gasteiger partial charge in [-0.25, -0.2) is 0 Å². The molecule has 0 aromatic heterocycles. The van der Waals surface area contributed by atoms with Crippen LogP contribution in [0.1, 0.15) is 19.3 Å². The van der Waals surface area contributed by atoms with E-state index in [1.807, 2.05) is 0 Å². The van der Waals surface area contributed by atoms with Gasteiger partial charge in [-0.05, 0) is 19.4 Å². The Morgan fingerprint density at radius 3 is 2.36 bits per heavy atom. The molecule has 64 valence electrons. The Hall–Kier alpha value is 0.273. The molecule has 11 heavy (non-hydrogen) atoms. The van der Waals surface area contributed by atoms with E-state index in [0.717, 1.165) is 12.8 Å². The van der Waals surface area contributed by atoms with Crippen molar-refractivity contribution >= 4 is 5.97 Å². The van der Waals surface area contributed by atoms with Crippen molar-refractivity contribution in [2.45, 2.75) is 25.3 Å². The Morgan fingerprint density at radius 1 is 1.45 bits per heavy atom. The first-order valence-corrected chi connectivity index (χ1v) is 3.37. The first-order valence-electron chi connectivity index (χ1n) is 3.37. The zero-order chi connectivity index (χ0) is 7.98. The summed E-state index contributed by atoms with van der Waals surface area (Å²) >= 11 is 0. The van der Waals surface area contributed by atoms with Crippen LogP contribution in [0, 0.1) is 0 Å². The van der Waals surface area contributed by atoms with Gasteiger partial charge in [-0.2, -0.15) is 0 Å². The third-order valence-corrected chi connectivity index (χ3v) is 1.29. The molecule has 0 bridgehead atoms. The van der Waals surface area contributed by atoms with Crippen molar-refractivity contribution in [1.82, 2.24) is 0 Å². The number of carbonyl (C=O) groups is 1. The molecule has 1 unspecified atom stereocenters. The Labute approximate surface area is 85.4 Å². The van der Waals surface area contributed by atoms with Crippen molar-refractivity contribution in [3.8, 4) is 0 Å². The van der Waals surface area contributed by atoms with Gasteiger partial charge in [0.15, 0.2) is 0 Å². The summed E-state index contributed by atoms with van der Waals surface area (Å²) in [6, 6.07) is -0.716. The maximum absolute atomic E-state index is 10.1. The van der Waals surface area contributed by atoms with Crippen LogP contribution >= 0.6 is 0 Å². The Kier molecular flexibility index (Phi) is 10.5. The summed E-state index contributed by atoms with van der Waals surface area (Å²) in [5, 5.41) is 8.33. The Morgan fingerprint density at radius 2 is 2.00 bits per heavy atom. The number of aliphatic carboxylic acids is 1. The van der Waals surface area contributed by atoms with Crippen molar-refractivity contribution in [2.75, 3.05) is 6.54 Å². The molecule has 0 aliphatic heterocycles. The maximum Gasteiger partial charge on any atom is 0.320 e. The van der Waals surface area contributed by atoms with Crippen LogP contribution in [0.5, 0.6) is 0 Å². The topological polar surface area (TPSA) is 89.3 Å². The molecule has 1 atom stereocenters. The molecule has 0 saturated carbocycles. The fourth-order valence-corrected chi connectivity index (χ4v) is 0.632. The summed E-state index contributed by atoms with van der Waals surface area (Å²) in [7, 11) is 0. The molecule has 0 aliphatic rings. The molecule has 0 rings (SSSR count). The van der Waals surface area contributed by atoms with Crippen molar-refractivity contribution in [1.29, 1.82) is 0 Å². The zero-order valence-electron chi connectivity index (χ0n) is 6.42. The number of nitrogens with two attached hydrogens (primary N) is 2. The zero-order valence-corrected chi connectivity index (χ0v) is 8.87. The van der Waals surface area contributed by atoms with Gasteiger partial charge in [0.25, 0.3) is 0 Å². The summed E-state index contributed by atoms with van der Waals surface area (Å²) in [5.41, 5.74) is 10.4.